The number of carbonyl (C=O) groups is 1. The molecule has 1 rings (SSSR count). The molecule has 1 aromatic carbocycles. The Bertz CT molecular complexity index is 420. The van der Waals surface area contributed by atoms with E-state index in [4.69, 9.17) is 11.6 Å². The minimum absolute atomic E-state index is 0.0839. The average molecular weight is 284 g/mol. The minimum atomic E-state index is -0.380. The number of amides is 1. The van der Waals surface area contributed by atoms with Gasteiger partial charge in [-0.1, -0.05) is 36.7 Å². The fourth-order valence-corrected chi connectivity index (χ4v) is 2.16. The van der Waals surface area contributed by atoms with Gasteiger partial charge in [0.05, 0.1) is 6.10 Å². The van der Waals surface area contributed by atoms with Gasteiger partial charge in [0.1, 0.15) is 0 Å². The zero-order valence-corrected chi connectivity index (χ0v) is 12.5. The smallest absolute Gasteiger partial charge is 0.225 e. The molecule has 1 amide bonds. The van der Waals surface area contributed by atoms with Gasteiger partial charge in [-0.15, -0.1) is 0 Å². The Morgan fingerprint density at radius 3 is 2.58 bits per heavy atom. The molecule has 0 heterocycles. The predicted octanol–water partition coefficient (Wildman–Crippen LogP) is 2.75. The summed E-state index contributed by atoms with van der Waals surface area (Å²) < 4.78 is 0. The van der Waals surface area contributed by atoms with Gasteiger partial charge in [-0.2, -0.15) is 0 Å². The van der Waals surface area contributed by atoms with Crippen LogP contribution >= 0.6 is 11.6 Å². The highest BCUT2D eigenvalue weighted by Gasteiger charge is 2.18. The molecule has 0 aliphatic carbocycles. The van der Waals surface area contributed by atoms with E-state index in [1.165, 1.54) is 0 Å². The standard InChI is InChI=1S/C15H22ClNO2/c1-11(10-13-6-4-5-7-14(13)16)15(19)17(3)9-8-12(2)18/h4-7,11-12,18H,8-10H2,1-3H3. The number of hydrogen-bond donors (Lipinski definition) is 1. The van der Waals surface area contributed by atoms with Gasteiger partial charge in [0.2, 0.25) is 5.91 Å². The first kappa shape index (κ1) is 16.0. The third kappa shape index (κ3) is 5.21. The van der Waals surface area contributed by atoms with Crippen molar-refractivity contribution < 1.29 is 9.90 Å². The van der Waals surface area contributed by atoms with Crippen molar-refractivity contribution in [2.75, 3.05) is 13.6 Å². The molecule has 2 atom stereocenters. The highest BCUT2D eigenvalue weighted by Crippen LogP contribution is 2.19. The molecule has 0 saturated carbocycles. The lowest BCUT2D eigenvalue weighted by atomic mass is 10.00. The molecule has 19 heavy (non-hydrogen) atoms. The Morgan fingerprint density at radius 1 is 1.37 bits per heavy atom. The van der Waals surface area contributed by atoms with Crippen LogP contribution in [0.5, 0.6) is 0 Å². The van der Waals surface area contributed by atoms with Crippen molar-refractivity contribution in [2.24, 2.45) is 5.92 Å². The minimum Gasteiger partial charge on any atom is -0.393 e. The van der Waals surface area contributed by atoms with Crippen molar-refractivity contribution >= 4 is 17.5 Å². The van der Waals surface area contributed by atoms with Crippen molar-refractivity contribution in [1.29, 1.82) is 0 Å². The van der Waals surface area contributed by atoms with Crippen LogP contribution in [0.3, 0.4) is 0 Å². The predicted molar refractivity (Wildman–Crippen MR) is 78.3 cm³/mol. The number of hydrogen-bond acceptors (Lipinski definition) is 2. The van der Waals surface area contributed by atoms with Crippen LogP contribution < -0.4 is 0 Å². The summed E-state index contributed by atoms with van der Waals surface area (Å²) >= 11 is 6.10. The summed E-state index contributed by atoms with van der Waals surface area (Å²) in [7, 11) is 1.77. The number of rotatable bonds is 6. The second-order valence-corrected chi connectivity index (χ2v) is 5.50. The molecule has 0 aliphatic heterocycles. The van der Waals surface area contributed by atoms with E-state index in [0.717, 1.165) is 5.56 Å². The lowest BCUT2D eigenvalue weighted by molar-refractivity contribution is -0.133. The highest BCUT2D eigenvalue weighted by molar-refractivity contribution is 6.31. The zero-order valence-electron chi connectivity index (χ0n) is 11.8. The number of nitrogens with zero attached hydrogens (tertiary/aromatic N) is 1. The molecule has 0 spiro atoms. The molecular weight excluding hydrogens is 262 g/mol. The van der Waals surface area contributed by atoms with Crippen molar-refractivity contribution in [3.8, 4) is 0 Å². The van der Waals surface area contributed by atoms with Crippen LogP contribution in [-0.4, -0.2) is 35.6 Å². The van der Waals surface area contributed by atoms with Crippen LogP contribution in [0, 0.1) is 5.92 Å². The maximum Gasteiger partial charge on any atom is 0.225 e. The van der Waals surface area contributed by atoms with Crippen LogP contribution in [0.4, 0.5) is 0 Å². The van der Waals surface area contributed by atoms with E-state index >= 15 is 0 Å². The topological polar surface area (TPSA) is 40.5 Å². The quantitative estimate of drug-likeness (QED) is 0.872. The number of aliphatic hydroxyl groups excluding tert-OH is 1. The van der Waals surface area contributed by atoms with E-state index in [0.29, 0.717) is 24.4 Å². The van der Waals surface area contributed by atoms with Gasteiger partial charge < -0.3 is 10.0 Å². The molecule has 0 saturated heterocycles. The van der Waals surface area contributed by atoms with Crippen molar-refractivity contribution in [3.63, 3.8) is 0 Å². The van der Waals surface area contributed by atoms with Crippen LogP contribution in [0.2, 0.25) is 5.02 Å². The lowest BCUT2D eigenvalue weighted by Crippen LogP contribution is -2.34. The van der Waals surface area contributed by atoms with Crippen LogP contribution in [0.1, 0.15) is 25.8 Å². The molecule has 3 nitrogen and oxygen atoms in total. The Hall–Kier alpha value is -1.06. The molecule has 106 valence electrons. The molecule has 1 N–H and O–H groups in total. The van der Waals surface area contributed by atoms with E-state index in [-0.39, 0.29) is 17.9 Å². The maximum absolute atomic E-state index is 12.2. The molecule has 0 radical (unpaired) electrons. The molecule has 0 bridgehead atoms. The first-order chi connectivity index (χ1) is 8.91. The fraction of sp³-hybridized carbons (Fsp3) is 0.533. The molecule has 4 heteroatoms. The molecule has 2 unspecified atom stereocenters. The Kier molecular flexibility index (Phi) is 6.32. The Morgan fingerprint density at radius 2 is 2.00 bits per heavy atom. The van der Waals surface area contributed by atoms with Crippen molar-refractivity contribution in [1.82, 2.24) is 4.90 Å². The molecule has 0 aromatic heterocycles. The van der Waals surface area contributed by atoms with Gasteiger partial charge in [0.25, 0.3) is 0 Å². The van der Waals surface area contributed by atoms with Gasteiger partial charge in [-0.3, -0.25) is 4.79 Å². The van der Waals surface area contributed by atoms with E-state index < -0.39 is 0 Å². The summed E-state index contributed by atoms with van der Waals surface area (Å²) in [5, 5.41) is 9.94. The van der Waals surface area contributed by atoms with Crippen LogP contribution in [0.15, 0.2) is 24.3 Å². The third-order valence-corrected chi connectivity index (χ3v) is 3.53. The van der Waals surface area contributed by atoms with Gasteiger partial charge in [0, 0.05) is 24.5 Å². The molecule has 1 aromatic rings. The third-order valence-electron chi connectivity index (χ3n) is 3.16. The van der Waals surface area contributed by atoms with Gasteiger partial charge in [-0.25, -0.2) is 0 Å². The van der Waals surface area contributed by atoms with E-state index in [1.807, 2.05) is 31.2 Å². The largest absolute Gasteiger partial charge is 0.393 e. The number of benzene rings is 1. The van der Waals surface area contributed by atoms with Crippen molar-refractivity contribution in [3.05, 3.63) is 34.9 Å². The number of halogens is 1. The van der Waals surface area contributed by atoms with Gasteiger partial charge in [-0.05, 0) is 31.4 Å². The second kappa shape index (κ2) is 7.51. The van der Waals surface area contributed by atoms with E-state index in [1.54, 1.807) is 18.9 Å². The first-order valence-electron chi connectivity index (χ1n) is 6.58. The van der Waals surface area contributed by atoms with Crippen LogP contribution in [0.25, 0.3) is 0 Å². The highest BCUT2D eigenvalue weighted by atomic mass is 35.5. The summed E-state index contributed by atoms with van der Waals surface area (Å²) in [4.78, 5) is 13.8. The van der Waals surface area contributed by atoms with Crippen LogP contribution in [-0.2, 0) is 11.2 Å². The Labute approximate surface area is 120 Å². The fourth-order valence-electron chi connectivity index (χ4n) is 1.95. The molecular formula is C15H22ClNO2. The van der Waals surface area contributed by atoms with Gasteiger partial charge in [0.15, 0.2) is 0 Å². The first-order valence-corrected chi connectivity index (χ1v) is 6.96. The summed E-state index contributed by atoms with van der Waals surface area (Å²) in [6.07, 6.45) is 0.854. The Balaban J connectivity index is 2.55. The summed E-state index contributed by atoms with van der Waals surface area (Å²) in [5.41, 5.74) is 0.994. The number of aliphatic hydroxyl groups is 1. The normalized spacial score (nSPS) is 13.9. The summed E-state index contributed by atoms with van der Waals surface area (Å²) in [6.45, 7) is 4.21. The monoisotopic (exact) mass is 283 g/mol. The van der Waals surface area contributed by atoms with Gasteiger partial charge >= 0.3 is 0 Å². The zero-order chi connectivity index (χ0) is 14.4. The average Bonchev–Trinajstić information content (AvgIpc) is 2.37. The maximum atomic E-state index is 12.2. The molecule has 0 aliphatic rings. The van der Waals surface area contributed by atoms with E-state index in [2.05, 4.69) is 0 Å². The summed E-state index contributed by atoms with van der Waals surface area (Å²) in [5.74, 6) is -0.0283. The van der Waals surface area contributed by atoms with Crippen molar-refractivity contribution in [2.45, 2.75) is 32.8 Å². The summed E-state index contributed by atoms with van der Waals surface area (Å²) in [6, 6.07) is 7.59. The lowest BCUT2D eigenvalue weighted by Gasteiger charge is -2.22. The second-order valence-electron chi connectivity index (χ2n) is 5.09. The molecule has 0 fully saturated rings. The SMILES string of the molecule is CC(O)CCN(C)C(=O)C(C)Cc1ccccc1Cl. The number of carbonyl (C=O) groups excluding carboxylic acids is 1. The van der Waals surface area contributed by atoms with E-state index in [9.17, 15) is 9.90 Å².